The van der Waals surface area contributed by atoms with E-state index in [0.29, 0.717) is 27.9 Å². The van der Waals surface area contributed by atoms with Crippen molar-refractivity contribution < 1.29 is 4.39 Å². The molecule has 0 bridgehead atoms. The van der Waals surface area contributed by atoms with Gasteiger partial charge in [0.25, 0.3) is 0 Å². The number of nitrogens with two attached hydrogens (primary N) is 1. The second kappa shape index (κ2) is 8.62. The molecule has 6 nitrogen and oxygen atoms in total. The van der Waals surface area contributed by atoms with Crippen molar-refractivity contribution in [1.29, 1.82) is 0 Å². The highest BCUT2D eigenvalue weighted by molar-refractivity contribution is 7.98. The highest BCUT2D eigenvalue weighted by atomic mass is 32.2. The third kappa shape index (κ3) is 3.86. The fourth-order valence-electron chi connectivity index (χ4n) is 2.78. The first-order chi connectivity index (χ1) is 13.6. The molecule has 8 heteroatoms. The number of hydrogen-bond acceptors (Lipinski definition) is 7. The van der Waals surface area contributed by atoms with Gasteiger partial charge >= 0.3 is 0 Å². The molecule has 3 aromatic rings. The number of fused-ring (bicyclic) bond motifs is 1. The van der Waals surface area contributed by atoms with E-state index < -0.39 is 5.82 Å². The number of thioether (sulfide) groups is 1. The molecule has 0 saturated heterocycles. The summed E-state index contributed by atoms with van der Waals surface area (Å²) in [6, 6.07) is 8.76. The van der Waals surface area contributed by atoms with Crippen LogP contribution in [0.2, 0.25) is 0 Å². The Hall–Kier alpha value is -3.26. The molecule has 0 amide bonds. The number of aromatic nitrogens is 2. The summed E-state index contributed by atoms with van der Waals surface area (Å²) in [5.74, 6) is -0.0724. The molecule has 0 aliphatic carbocycles. The molecule has 0 fully saturated rings. The zero-order valence-corrected chi connectivity index (χ0v) is 16.3. The fourth-order valence-corrected chi connectivity index (χ4v) is 3.37. The van der Waals surface area contributed by atoms with Gasteiger partial charge in [-0.1, -0.05) is 0 Å². The van der Waals surface area contributed by atoms with E-state index in [9.17, 15) is 4.39 Å². The van der Waals surface area contributed by atoms with E-state index in [2.05, 4.69) is 32.0 Å². The van der Waals surface area contributed by atoms with Gasteiger partial charge in [0, 0.05) is 35.6 Å². The van der Waals surface area contributed by atoms with Crippen molar-refractivity contribution in [3.8, 4) is 0 Å². The van der Waals surface area contributed by atoms with E-state index in [0.717, 1.165) is 16.3 Å². The molecular weight excluding hydrogens is 375 g/mol. The topological polar surface area (TPSA) is 88.5 Å². The van der Waals surface area contributed by atoms with E-state index in [1.165, 1.54) is 18.6 Å². The van der Waals surface area contributed by atoms with Crippen molar-refractivity contribution in [1.82, 2.24) is 9.97 Å². The van der Waals surface area contributed by atoms with Crippen LogP contribution in [0.25, 0.3) is 16.5 Å². The van der Waals surface area contributed by atoms with Crippen molar-refractivity contribution in [2.24, 2.45) is 15.7 Å². The Kier molecular flexibility index (Phi) is 6.00. The first kappa shape index (κ1) is 19.5. The third-order valence-electron chi connectivity index (χ3n) is 4.08. The normalized spacial score (nSPS) is 11.9. The molecule has 0 spiro atoms. The molecule has 142 valence electrons. The number of allylic oxidation sites excluding steroid dienone is 1. The molecular formula is C20H19FN6S. The smallest absolute Gasteiger partial charge is 0.144 e. The van der Waals surface area contributed by atoms with Gasteiger partial charge in [0.2, 0.25) is 0 Å². The van der Waals surface area contributed by atoms with Crippen LogP contribution in [0.4, 0.5) is 21.6 Å². The summed E-state index contributed by atoms with van der Waals surface area (Å²) in [5.41, 5.74) is 8.85. The maximum atomic E-state index is 15.0. The van der Waals surface area contributed by atoms with E-state index in [1.54, 1.807) is 31.1 Å². The summed E-state index contributed by atoms with van der Waals surface area (Å²) < 4.78 is 15.0. The average molecular weight is 394 g/mol. The van der Waals surface area contributed by atoms with Gasteiger partial charge < -0.3 is 11.1 Å². The lowest BCUT2D eigenvalue weighted by Gasteiger charge is -2.12. The van der Waals surface area contributed by atoms with Crippen molar-refractivity contribution in [2.45, 2.75) is 4.90 Å². The molecule has 3 N–H and O–H groups in total. The van der Waals surface area contributed by atoms with E-state index in [4.69, 9.17) is 5.73 Å². The van der Waals surface area contributed by atoms with Crippen LogP contribution in [-0.2, 0) is 0 Å². The number of nitrogens with one attached hydrogen (secondary N) is 1. The molecule has 0 saturated carbocycles. The maximum absolute atomic E-state index is 15.0. The average Bonchev–Trinajstić information content (AvgIpc) is 2.71. The Morgan fingerprint density at radius 2 is 2.11 bits per heavy atom. The Morgan fingerprint density at radius 3 is 2.79 bits per heavy atom. The Balaban J connectivity index is 2.07. The maximum Gasteiger partial charge on any atom is 0.144 e. The van der Waals surface area contributed by atoms with E-state index >= 15 is 0 Å². The number of halogens is 1. The molecule has 0 unspecified atom stereocenters. The van der Waals surface area contributed by atoms with Gasteiger partial charge in [-0.15, -0.1) is 11.8 Å². The molecule has 0 aliphatic heterocycles. The zero-order valence-electron chi connectivity index (χ0n) is 15.5. The predicted octanol–water partition coefficient (Wildman–Crippen LogP) is 4.57. The minimum Gasteiger partial charge on any atom is -0.404 e. The van der Waals surface area contributed by atoms with Gasteiger partial charge in [-0.25, -0.2) is 14.4 Å². The predicted molar refractivity (Wildman–Crippen MR) is 117 cm³/mol. The SMILES string of the molecule is C=Nc1ccc(Nc2ncnc3cc(/C(C=NC)=C/N)cc(F)c23)cc1SC. The minimum absolute atomic E-state index is 0.299. The van der Waals surface area contributed by atoms with Gasteiger partial charge in [0.15, 0.2) is 0 Å². The molecule has 3 rings (SSSR count). The summed E-state index contributed by atoms with van der Waals surface area (Å²) in [4.78, 5) is 17.3. The molecule has 1 aromatic heterocycles. The molecule has 0 aliphatic rings. The van der Waals surface area contributed by atoms with E-state index in [1.807, 2.05) is 24.5 Å². The number of anilines is 2. The fraction of sp³-hybridized carbons (Fsp3) is 0.100. The van der Waals surface area contributed by atoms with Crippen molar-refractivity contribution in [3.63, 3.8) is 0 Å². The highest BCUT2D eigenvalue weighted by Crippen LogP contribution is 2.33. The number of aliphatic imine (C=N–C) groups is 2. The molecule has 1 heterocycles. The van der Waals surface area contributed by atoms with Crippen LogP contribution in [0.5, 0.6) is 0 Å². The molecule has 0 radical (unpaired) electrons. The summed E-state index contributed by atoms with van der Waals surface area (Å²) in [7, 11) is 1.63. The van der Waals surface area contributed by atoms with Crippen LogP contribution >= 0.6 is 11.8 Å². The van der Waals surface area contributed by atoms with Gasteiger partial charge in [0.05, 0.1) is 16.6 Å². The van der Waals surface area contributed by atoms with Crippen LogP contribution in [0.1, 0.15) is 5.56 Å². The van der Waals surface area contributed by atoms with Gasteiger partial charge in [-0.3, -0.25) is 9.98 Å². The van der Waals surface area contributed by atoms with E-state index in [-0.39, 0.29) is 0 Å². The van der Waals surface area contributed by atoms with Crippen LogP contribution in [0.3, 0.4) is 0 Å². The highest BCUT2D eigenvalue weighted by Gasteiger charge is 2.13. The van der Waals surface area contributed by atoms with Crippen LogP contribution in [-0.4, -0.2) is 36.2 Å². The first-order valence-electron chi connectivity index (χ1n) is 8.31. The second-order valence-corrected chi connectivity index (χ2v) is 6.60. The first-order valence-corrected chi connectivity index (χ1v) is 9.54. The quantitative estimate of drug-likeness (QED) is 0.472. The lowest BCUT2D eigenvalue weighted by Crippen LogP contribution is -2.00. The van der Waals surface area contributed by atoms with Gasteiger partial charge in [-0.2, -0.15) is 0 Å². The number of hydrogen-bond donors (Lipinski definition) is 2. The molecule has 0 atom stereocenters. The lowest BCUT2D eigenvalue weighted by molar-refractivity contribution is 0.639. The monoisotopic (exact) mass is 394 g/mol. The minimum atomic E-state index is -0.450. The zero-order chi connectivity index (χ0) is 20.1. The van der Waals surface area contributed by atoms with Crippen LogP contribution in [0.15, 0.2) is 57.7 Å². The number of nitrogens with zero attached hydrogens (tertiary/aromatic N) is 4. The number of benzene rings is 2. The molecule has 28 heavy (non-hydrogen) atoms. The summed E-state index contributed by atoms with van der Waals surface area (Å²) in [5, 5.41) is 3.47. The molecule has 2 aromatic carbocycles. The van der Waals surface area contributed by atoms with Crippen molar-refractivity contribution >= 4 is 58.4 Å². The largest absolute Gasteiger partial charge is 0.404 e. The summed E-state index contributed by atoms with van der Waals surface area (Å²) in [6.45, 7) is 3.57. The second-order valence-electron chi connectivity index (χ2n) is 5.75. The third-order valence-corrected chi connectivity index (χ3v) is 4.85. The summed E-state index contributed by atoms with van der Waals surface area (Å²) >= 11 is 1.55. The standard InChI is InChI=1S/C20H19FN6S/c1-23-10-13(9-22)12-6-15(21)19-17(7-12)25-11-26-20(19)27-14-4-5-16(24-2)18(8-14)28-3/h4-11H,2,22H2,1,3H3,(H,25,26,27)/b13-9+,23-10?. The Labute approximate surface area is 166 Å². The Bertz CT molecular complexity index is 1090. The number of rotatable bonds is 6. The van der Waals surface area contributed by atoms with Gasteiger partial charge in [-0.05, 0) is 48.9 Å². The van der Waals surface area contributed by atoms with Gasteiger partial charge in [0.1, 0.15) is 18.0 Å². The van der Waals surface area contributed by atoms with Crippen molar-refractivity contribution in [2.75, 3.05) is 18.6 Å². The summed E-state index contributed by atoms with van der Waals surface area (Å²) in [6.07, 6.45) is 6.30. The van der Waals surface area contributed by atoms with Crippen LogP contribution < -0.4 is 11.1 Å². The Morgan fingerprint density at radius 1 is 1.29 bits per heavy atom. The van der Waals surface area contributed by atoms with Crippen molar-refractivity contribution in [3.05, 3.63) is 54.2 Å². The lowest BCUT2D eigenvalue weighted by atomic mass is 10.0. The van der Waals surface area contributed by atoms with Crippen LogP contribution in [0, 0.1) is 5.82 Å².